The largest absolute Gasteiger partial charge is 0.428 e. The molecule has 35 heavy (non-hydrogen) atoms. The van der Waals surface area contributed by atoms with Crippen LogP contribution in [-0.2, 0) is 23.2 Å². The molecule has 2 nitrogen and oxygen atoms in total. The van der Waals surface area contributed by atoms with Crippen LogP contribution in [0.15, 0.2) is 71.8 Å². The van der Waals surface area contributed by atoms with Gasteiger partial charge in [-0.2, -0.15) is 13.2 Å². The maximum Gasteiger partial charge on any atom is 0.428 e. The number of halogens is 6. The second-order valence-electron chi connectivity index (χ2n) is 9.67. The Morgan fingerprint density at radius 2 is 1.54 bits per heavy atom. The van der Waals surface area contributed by atoms with Gasteiger partial charge < -0.3 is 4.90 Å². The molecule has 1 aliphatic carbocycles. The van der Waals surface area contributed by atoms with E-state index in [2.05, 4.69) is 20.8 Å². The van der Waals surface area contributed by atoms with Crippen LogP contribution in [0.25, 0.3) is 0 Å². The second-order valence-corrected chi connectivity index (χ2v) is 10.5. The van der Waals surface area contributed by atoms with Crippen LogP contribution >= 0.6 is 23.2 Å². The molecule has 0 heterocycles. The summed E-state index contributed by atoms with van der Waals surface area (Å²) in [6, 6.07) is 14.5. The van der Waals surface area contributed by atoms with Crippen molar-refractivity contribution in [3.8, 4) is 0 Å². The summed E-state index contributed by atoms with van der Waals surface area (Å²) in [5.41, 5.74) is -1.43. The number of hydrogen-bond acceptors (Lipinski definition) is 1. The summed E-state index contributed by atoms with van der Waals surface area (Å²) in [5, 5.41) is -0.514. The maximum atomic E-state index is 15.4. The molecular formula is C27H27Cl2F4NO. The van der Waals surface area contributed by atoms with E-state index in [1.165, 1.54) is 11.0 Å². The van der Waals surface area contributed by atoms with Gasteiger partial charge >= 0.3 is 6.18 Å². The highest BCUT2D eigenvalue weighted by molar-refractivity contribution is 6.31. The molecular weight excluding hydrogens is 501 g/mol. The standard InChI is InChI=1S/C27H27Cl2F4NO/c1-25(2,3)20-11-7-19(8-12-20)17-34(16-15-18-9-13-21(28)14-10-18)24(35)22-5-4-6-23(29)26(22,30)27(31,32)33/h4-14,22H,15-17H2,1-3H3. The maximum absolute atomic E-state index is 15.4. The number of carbonyl (C=O) groups is 1. The first-order valence-corrected chi connectivity index (χ1v) is 11.9. The van der Waals surface area contributed by atoms with Gasteiger partial charge in [-0.1, -0.05) is 92.5 Å². The van der Waals surface area contributed by atoms with Crippen LogP contribution in [0.5, 0.6) is 0 Å². The van der Waals surface area contributed by atoms with Crippen molar-refractivity contribution in [2.75, 3.05) is 6.54 Å². The van der Waals surface area contributed by atoms with Gasteiger partial charge in [0.2, 0.25) is 5.91 Å². The smallest absolute Gasteiger partial charge is 0.337 e. The van der Waals surface area contributed by atoms with Crippen molar-refractivity contribution in [1.82, 2.24) is 4.90 Å². The lowest BCUT2D eigenvalue weighted by molar-refractivity contribution is -0.227. The Morgan fingerprint density at radius 1 is 0.971 bits per heavy atom. The Bertz CT molecular complexity index is 1100. The van der Waals surface area contributed by atoms with E-state index in [0.29, 0.717) is 11.4 Å². The molecule has 0 aliphatic heterocycles. The van der Waals surface area contributed by atoms with Gasteiger partial charge in [0.1, 0.15) is 5.92 Å². The highest BCUT2D eigenvalue weighted by Crippen LogP contribution is 2.49. The van der Waals surface area contributed by atoms with Crippen molar-refractivity contribution in [3.63, 3.8) is 0 Å². The van der Waals surface area contributed by atoms with Gasteiger partial charge in [0.25, 0.3) is 5.67 Å². The summed E-state index contributed by atoms with van der Waals surface area (Å²) in [7, 11) is 0. The highest BCUT2D eigenvalue weighted by atomic mass is 35.5. The number of hydrogen-bond donors (Lipinski definition) is 0. The van der Waals surface area contributed by atoms with Crippen molar-refractivity contribution < 1.29 is 22.4 Å². The first kappa shape index (κ1) is 27.3. The topological polar surface area (TPSA) is 20.3 Å². The number of nitrogens with zero attached hydrogens (tertiary/aromatic N) is 1. The van der Waals surface area contributed by atoms with E-state index in [-0.39, 0.29) is 18.5 Å². The third-order valence-corrected chi connectivity index (χ3v) is 6.74. The zero-order valence-electron chi connectivity index (χ0n) is 19.7. The molecule has 2 atom stereocenters. The van der Waals surface area contributed by atoms with Gasteiger partial charge in [-0.25, -0.2) is 4.39 Å². The predicted octanol–water partition coefficient (Wildman–Crippen LogP) is 7.79. The van der Waals surface area contributed by atoms with Gasteiger partial charge in [0.15, 0.2) is 0 Å². The first-order chi connectivity index (χ1) is 16.2. The van der Waals surface area contributed by atoms with E-state index >= 15 is 4.39 Å². The first-order valence-electron chi connectivity index (χ1n) is 11.2. The van der Waals surface area contributed by atoms with Gasteiger partial charge in [0, 0.05) is 18.1 Å². The van der Waals surface area contributed by atoms with Crippen molar-refractivity contribution >= 4 is 29.1 Å². The zero-order chi connectivity index (χ0) is 26.0. The average molecular weight is 528 g/mol. The van der Waals surface area contributed by atoms with Crippen molar-refractivity contribution in [2.24, 2.45) is 5.92 Å². The molecule has 0 aromatic heterocycles. The lowest BCUT2D eigenvalue weighted by Crippen LogP contribution is -2.54. The van der Waals surface area contributed by atoms with Crippen LogP contribution in [0.4, 0.5) is 17.6 Å². The lowest BCUT2D eigenvalue weighted by Gasteiger charge is -2.37. The Kier molecular flexibility index (Phi) is 8.07. The summed E-state index contributed by atoms with van der Waals surface area (Å²) in [6.45, 7) is 6.30. The summed E-state index contributed by atoms with van der Waals surface area (Å²) < 4.78 is 56.9. The van der Waals surface area contributed by atoms with Gasteiger partial charge in [0.05, 0.1) is 5.03 Å². The third kappa shape index (κ3) is 6.10. The number of amides is 1. The van der Waals surface area contributed by atoms with Crippen molar-refractivity contribution in [2.45, 2.75) is 51.0 Å². The molecule has 2 aromatic carbocycles. The highest BCUT2D eigenvalue weighted by Gasteiger charge is 2.65. The summed E-state index contributed by atoms with van der Waals surface area (Å²) in [6.07, 6.45) is -2.05. The molecule has 0 saturated heterocycles. The number of benzene rings is 2. The number of allylic oxidation sites excluding steroid dienone is 3. The van der Waals surface area contributed by atoms with E-state index in [0.717, 1.165) is 28.8 Å². The Balaban J connectivity index is 1.92. The molecule has 188 valence electrons. The molecule has 0 fully saturated rings. The fraction of sp³-hybridized carbons (Fsp3) is 0.370. The summed E-state index contributed by atoms with van der Waals surface area (Å²) in [5.74, 6) is -3.11. The van der Waals surface area contributed by atoms with E-state index in [1.807, 2.05) is 24.3 Å². The molecule has 1 aliphatic rings. The Morgan fingerprint density at radius 3 is 2.09 bits per heavy atom. The summed E-state index contributed by atoms with van der Waals surface area (Å²) in [4.78, 5) is 14.7. The molecule has 0 saturated carbocycles. The van der Waals surface area contributed by atoms with E-state index in [9.17, 15) is 18.0 Å². The van der Waals surface area contributed by atoms with Crippen LogP contribution in [0.3, 0.4) is 0 Å². The molecule has 0 bridgehead atoms. The SMILES string of the molecule is CC(C)(C)c1ccc(CN(CCc2ccc(Cl)cc2)C(=O)C2C=CC=C(Cl)C2(F)C(F)(F)F)cc1. The quantitative estimate of drug-likeness (QED) is 0.351. The number of alkyl halides is 4. The molecule has 2 aromatic rings. The fourth-order valence-electron chi connectivity index (χ4n) is 3.93. The minimum atomic E-state index is -5.36. The van der Waals surface area contributed by atoms with Gasteiger partial charge in [-0.3, -0.25) is 4.79 Å². The average Bonchev–Trinajstić information content (AvgIpc) is 2.78. The van der Waals surface area contributed by atoms with Crippen LogP contribution in [0.2, 0.25) is 5.02 Å². The monoisotopic (exact) mass is 527 g/mol. The molecule has 0 radical (unpaired) electrons. The second kappa shape index (κ2) is 10.4. The normalized spacial score (nSPS) is 20.5. The Labute approximate surface area is 213 Å². The number of carbonyl (C=O) groups excluding carboxylic acids is 1. The minimum absolute atomic E-state index is 0.0243. The van der Waals surface area contributed by atoms with Gasteiger partial charge in [-0.15, -0.1) is 0 Å². The van der Waals surface area contributed by atoms with Crippen LogP contribution < -0.4 is 0 Å². The lowest BCUT2D eigenvalue weighted by atomic mass is 9.83. The van der Waals surface area contributed by atoms with E-state index in [1.54, 1.807) is 24.3 Å². The minimum Gasteiger partial charge on any atom is -0.337 e. The zero-order valence-corrected chi connectivity index (χ0v) is 21.2. The molecule has 8 heteroatoms. The molecule has 2 unspecified atom stereocenters. The van der Waals surface area contributed by atoms with Gasteiger partial charge in [-0.05, 0) is 46.7 Å². The molecule has 0 spiro atoms. The van der Waals surface area contributed by atoms with Crippen LogP contribution in [-0.4, -0.2) is 29.2 Å². The predicted molar refractivity (Wildman–Crippen MR) is 132 cm³/mol. The molecule has 1 amide bonds. The van der Waals surface area contributed by atoms with E-state index < -0.39 is 28.7 Å². The van der Waals surface area contributed by atoms with E-state index in [4.69, 9.17) is 23.2 Å². The third-order valence-electron chi connectivity index (χ3n) is 6.09. The molecule has 0 N–H and O–H groups in total. The van der Waals surface area contributed by atoms with Crippen molar-refractivity contribution in [3.05, 3.63) is 93.5 Å². The fourth-order valence-corrected chi connectivity index (χ4v) is 4.35. The van der Waals surface area contributed by atoms with Crippen LogP contribution in [0, 0.1) is 5.92 Å². The van der Waals surface area contributed by atoms with Crippen molar-refractivity contribution in [1.29, 1.82) is 0 Å². The number of rotatable bonds is 6. The molecule has 3 rings (SSSR count). The van der Waals surface area contributed by atoms with Crippen LogP contribution in [0.1, 0.15) is 37.5 Å². The summed E-state index contributed by atoms with van der Waals surface area (Å²) >= 11 is 11.6. The Hall–Kier alpha value is -2.31.